The van der Waals surface area contributed by atoms with Crippen LogP contribution in [0.15, 0.2) is 24.3 Å². The van der Waals surface area contributed by atoms with Crippen LogP contribution in [0.25, 0.3) is 0 Å². The highest BCUT2D eigenvalue weighted by Crippen LogP contribution is 2.36. The Morgan fingerprint density at radius 1 is 0.621 bits per heavy atom. The molecule has 0 N–H and O–H groups in total. The Morgan fingerprint density at radius 2 is 1.03 bits per heavy atom. The molecule has 3 heteroatoms. The Bertz CT molecular complexity index is 549. The molecule has 0 atom stereocenters. The number of hydrogen-bond donors (Lipinski definition) is 0. The van der Waals surface area contributed by atoms with E-state index in [1.807, 2.05) is 0 Å². The largest absolute Gasteiger partial charge is 0.494 e. The van der Waals surface area contributed by atoms with E-state index in [1.165, 1.54) is 89.0 Å². The van der Waals surface area contributed by atoms with Crippen LogP contribution in [0.4, 0.5) is 0 Å². The maximum atomic E-state index is 6.15. The summed E-state index contributed by atoms with van der Waals surface area (Å²) in [6, 6.07) is 8.85. The molecule has 0 unspecified atom stereocenters. The molecule has 29 heavy (non-hydrogen) atoms. The van der Waals surface area contributed by atoms with Crippen LogP contribution in [0.5, 0.6) is 0 Å². The summed E-state index contributed by atoms with van der Waals surface area (Å²) < 4.78 is 12.3. The predicted molar refractivity (Wildman–Crippen MR) is 127 cm³/mol. The van der Waals surface area contributed by atoms with E-state index in [-0.39, 0.29) is 18.3 Å². The molecule has 0 spiro atoms. The van der Waals surface area contributed by atoms with E-state index in [0.717, 1.165) is 5.46 Å². The van der Waals surface area contributed by atoms with Gasteiger partial charge in [0.2, 0.25) is 0 Å². The molecule has 1 aliphatic rings. The van der Waals surface area contributed by atoms with Gasteiger partial charge in [-0.2, -0.15) is 0 Å². The molecule has 0 radical (unpaired) electrons. The Balaban J connectivity index is 1.54. The first kappa shape index (κ1) is 24.5. The molecule has 0 aromatic heterocycles. The fraction of sp³-hybridized carbons (Fsp3) is 0.769. The summed E-state index contributed by atoms with van der Waals surface area (Å²) in [5, 5.41) is 0. The molecule has 0 saturated carbocycles. The normalized spacial score (nSPS) is 17.8. The van der Waals surface area contributed by atoms with E-state index in [9.17, 15) is 0 Å². The van der Waals surface area contributed by atoms with Crippen molar-refractivity contribution in [2.45, 2.75) is 129 Å². The van der Waals surface area contributed by atoms with Gasteiger partial charge in [-0.3, -0.25) is 0 Å². The van der Waals surface area contributed by atoms with Crippen molar-refractivity contribution in [1.29, 1.82) is 0 Å². The van der Waals surface area contributed by atoms with Gasteiger partial charge in [-0.1, -0.05) is 102 Å². The van der Waals surface area contributed by atoms with Gasteiger partial charge in [-0.15, -0.1) is 0 Å². The maximum Gasteiger partial charge on any atom is 0.494 e. The molecule has 2 nitrogen and oxygen atoms in total. The molecular formula is C26H45BO2. The molecular weight excluding hydrogens is 355 g/mol. The minimum absolute atomic E-state index is 0.249. The standard InChI is InChI=1S/C26H45BO2/c1-6-7-8-9-10-11-12-13-14-15-16-17-18-23-19-21-24(22-20-23)27-28-25(2,3)26(4,5)29-27/h19-22H,6-18H2,1-5H3. The summed E-state index contributed by atoms with van der Waals surface area (Å²) in [7, 11) is -0.249. The molecule has 0 aliphatic carbocycles. The van der Waals surface area contributed by atoms with Crippen LogP contribution in [-0.4, -0.2) is 18.3 Å². The van der Waals surface area contributed by atoms with Crippen LogP contribution in [0.2, 0.25) is 0 Å². The number of rotatable bonds is 14. The second kappa shape index (κ2) is 12.2. The molecule has 0 bridgehead atoms. The first-order valence-electron chi connectivity index (χ1n) is 12.3. The maximum absolute atomic E-state index is 6.15. The fourth-order valence-electron chi connectivity index (χ4n) is 3.99. The highest BCUT2D eigenvalue weighted by Gasteiger charge is 2.51. The Morgan fingerprint density at radius 3 is 1.48 bits per heavy atom. The van der Waals surface area contributed by atoms with Gasteiger partial charge in [0, 0.05) is 0 Å². The van der Waals surface area contributed by atoms with Crippen molar-refractivity contribution in [3.05, 3.63) is 29.8 Å². The van der Waals surface area contributed by atoms with E-state index >= 15 is 0 Å². The van der Waals surface area contributed by atoms with Crippen molar-refractivity contribution in [3.8, 4) is 0 Å². The minimum Gasteiger partial charge on any atom is -0.399 e. The highest BCUT2D eigenvalue weighted by atomic mass is 16.7. The van der Waals surface area contributed by atoms with E-state index in [0.29, 0.717) is 0 Å². The lowest BCUT2D eigenvalue weighted by atomic mass is 9.78. The van der Waals surface area contributed by atoms with Gasteiger partial charge < -0.3 is 9.31 Å². The van der Waals surface area contributed by atoms with Gasteiger partial charge in [0.1, 0.15) is 0 Å². The lowest BCUT2D eigenvalue weighted by molar-refractivity contribution is 0.00578. The molecule has 0 amide bonds. The van der Waals surface area contributed by atoms with Gasteiger partial charge in [0.15, 0.2) is 0 Å². The smallest absolute Gasteiger partial charge is 0.399 e. The van der Waals surface area contributed by atoms with Gasteiger partial charge in [-0.05, 0) is 51.6 Å². The predicted octanol–water partition coefficient (Wildman–Crippen LogP) is 7.23. The average Bonchev–Trinajstić information content (AvgIpc) is 2.90. The fourth-order valence-corrected chi connectivity index (χ4v) is 3.99. The zero-order chi connectivity index (χ0) is 21.2. The first-order chi connectivity index (χ1) is 13.9. The zero-order valence-electron chi connectivity index (χ0n) is 19.9. The van der Waals surface area contributed by atoms with Gasteiger partial charge in [0.05, 0.1) is 11.2 Å². The Hall–Kier alpha value is -0.795. The zero-order valence-corrected chi connectivity index (χ0v) is 19.9. The van der Waals surface area contributed by atoms with Crippen molar-refractivity contribution >= 4 is 12.6 Å². The van der Waals surface area contributed by atoms with Crippen molar-refractivity contribution in [2.24, 2.45) is 0 Å². The Labute approximate surface area is 181 Å². The van der Waals surface area contributed by atoms with E-state index in [1.54, 1.807) is 0 Å². The molecule has 2 rings (SSSR count). The minimum atomic E-state index is -0.272. The highest BCUT2D eigenvalue weighted by molar-refractivity contribution is 6.62. The number of hydrogen-bond acceptors (Lipinski definition) is 2. The van der Waals surface area contributed by atoms with Crippen LogP contribution >= 0.6 is 0 Å². The topological polar surface area (TPSA) is 18.5 Å². The van der Waals surface area contributed by atoms with Crippen molar-refractivity contribution in [2.75, 3.05) is 0 Å². The summed E-state index contributed by atoms with van der Waals surface area (Å²) in [6.07, 6.45) is 18.0. The lowest BCUT2D eigenvalue weighted by Crippen LogP contribution is -2.41. The van der Waals surface area contributed by atoms with E-state index in [4.69, 9.17) is 9.31 Å². The van der Waals surface area contributed by atoms with Crippen molar-refractivity contribution in [3.63, 3.8) is 0 Å². The van der Waals surface area contributed by atoms with Crippen LogP contribution in [0, 0.1) is 0 Å². The third-order valence-corrected chi connectivity index (χ3v) is 6.82. The molecule has 1 aliphatic heterocycles. The lowest BCUT2D eigenvalue weighted by Gasteiger charge is -2.32. The van der Waals surface area contributed by atoms with Crippen molar-refractivity contribution in [1.82, 2.24) is 0 Å². The summed E-state index contributed by atoms with van der Waals surface area (Å²) in [5.41, 5.74) is 2.01. The SMILES string of the molecule is CCCCCCCCCCCCCCc1ccc(B2OC(C)(C)C(C)(C)O2)cc1. The molecule has 1 heterocycles. The van der Waals surface area contributed by atoms with Crippen LogP contribution in [-0.2, 0) is 15.7 Å². The number of benzene rings is 1. The third kappa shape index (κ3) is 8.10. The van der Waals surface area contributed by atoms with Crippen LogP contribution < -0.4 is 5.46 Å². The van der Waals surface area contributed by atoms with Crippen LogP contribution in [0.3, 0.4) is 0 Å². The van der Waals surface area contributed by atoms with Gasteiger partial charge in [0.25, 0.3) is 0 Å². The summed E-state index contributed by atoms with van der Waals surface area (Å²) in [6.45, 7) is 10.7. The molecule has 1 aromatic rings. The quantitative estimate of drug-likeness (QED) is 0.242. The second-order valence-electron chi connectivity index (χ2n) is 9.97. The number of unbranched alkanes of at least 4 members (excludes halogenated alkanes) is 11. The van der Waals surface area contributed by atoms with Gasteiger partial charge >= 0.3 is 7.12 Å². The third-order valence-electron chi connectivity index (χ3n) is 6.82. The van der Waals surface area contributed by atoms with Crippen molar-refractivity contribution < 1.29 is 9.31 Å². The Kier molecular flexibility index (Phi) is 10.3. The second-order valence-corrected chi connectivity index (χ2v) is 9.97. The summed E-state index contributed by atoms with van der Waals surface area (Å²) in [5.74, 6) is 0. The molecule has 164 valence electrons. The van der Waals surface area contributed by atoms with E-state index in [2.05, 4.69) is 58.9 Å². The molecule has 1 saturated heterocycles. The summed E-state index contributed by atoms with van der Waals surface area (Å²) in [4.78, 5) is 0. The first-order valence-corrected chi connectivity index (χ1v) is 12.3. The average molecular weight is 400 g/mol. The van der Waals surface area contributed by atoms with Crippen LogP contribution in [0.1, 0.15) is 117 Å². The summed E-state index contributed by atoms with van der Waals surface area (Å²) >= 11 is 0. The number of aryl methyl sites for hydroxylation is 1. The van der Waals surface area contributed by atoms with E-state index < -0.39 is 0 Å². The van der Waals surface area contributed by atoms with Gasteiger partial charge in [-0.25, -0.2) is 0 Å². The molecule has 1 aromatic carbocycles. The monoisotopic (exact) mass is 400 g/mol. The molecule has 1 fully saturated rings.